The van der Waals surface area contributed by atoms with Crippen LogP contribution in [-0.4, -0.2) is 66.9 Å². The van der Waals surface area contributed by atoms with Gasteiger partial charge < -0.3 is 30.7 Å². The van der Waals surface area contributed by atoms with Crippen molar-refractivity contribution in [1.82, 2.24) is 20.3 Å². The summed E-state index contributed by atoms with van der Waals surface area (Å²) in [6.07, 6.45) is 7.39. The summed E-state index contributed by atoms with van der Waals surface area (Å²) in [5.74, 6) is 1.39. The summed E-state index contributed by atoms with van der Waals surface area (Å²) in [6, 6.07) is 18.9. The third-order valence-corrected chi connectivity index (χ3v) is 5.95. The van der Waals surface area contributed by atoms with Crippen molar-refractivity contribution in [3.8, 4) is 0 Å². The average molecular weight is 550 g/mol. The summed E-state index contributed by atoms with van der Waals surface area (Å²) in [4.78, 5) is 25.6. The lowest BCUT2D eigenvalue weighted by atomic mass is 10.1. The van der Waals surface area contributed by atoms with Crippen LogP contribution in [0.25, 0.3) is 0 Å². The van der Waals surface area contributed by atoms with Crippen molar-refractivity contribution in [3.63, 3.8) is 0 Å². The molecule has 0 saturated carbocycles. The third-order valence-electron chi connectivity index (χ3n) is 5.95. The van der Waals surface area contributed by atoms with E-state index < -0.39 is 0 Å². The Kier molecular flexibility index (Phi) is 14.9. The highest BCUT2D eigenvalue weighted by atomic mass is 16.5. The molecule has 0 aliphatic carbocycles. The SMILES string of the molecule is CCCCCCCCNc1nc(NCCOCCOCCNC(=O)c2ccccc2)nc(Nc2ccccc2)n1. The minimum atomic E-state index is -0.104. The quantitative estimate of drug-likeness (QED) is 0.132. The van der Waals surface area contributed by atoms with Crippen LogP contribution in [0.3, 0.4) is 0 Å². The molecule has 0 aliphatic rings. The molecular weight excluding hydrogens is 506 g/mol. The fraction of sp³-hybridized carbons (Fsp3) is 0.467. The van der Waals surface area contributed by atoms with Crippen molar-refractivity contribution in [2.45, 2.75) is 45.4 Å². The summed E-state index contributed by atoms with van der Waals surface area (Å²) >= 11 is 0. The Hall–Kier alpha value is -3.76. The van der Waals surface area contributed by atoms with E-state index in [1.54, 1.807) is 12.1 Å². The molecular formula is C30H43N7O3. The van der Waals surface area contributed by atoms with Gasteiger partial charge in [0, 0.05) is 30.9 Å². The molecule has 1 heterocycles. The van der Waals surface area contributed by atoms with Crippen LogP contribution >= 0.6 is 0 Å². The molecule has 0 bridgehead atoms. The molecule has 3 rings (SSSR count). The van der Waals surface area contributed by atoms with Crippen molar-refractivity contribution < 1.29 is 14.3 Å². The number of unbranched alkanes of at least 4 members (excludes halogenated alkanes) is 5. The van der Waals surface area contributed by atoms with Crippen LogP contribution in [0.5, 0.6) is 0 Å². The van der Waals surface area contributed by atoms with E-state index in [1.165, 1.54) is 32.1 Å². The molecule has 0 radical (unpaired) electrons. The van der Waals surface area contributed by atoms with E-state index in [2.05, 4.69) is 43.1 Å². The molecule has 0 fully saturated rings. The first-order valence-electron chi connectivity index (χ1n) is 14.3. The number of carbonyl (C=O) groups is 1. The van der Waals surface area contributed by atoms with Gasteiger partial charge in [-0.2, -0.15) is 15.0 Å². The summed E-state index contributed by atoms with van der Waals surface area (Å²) < 4.78 is 11.2. The predicted molar refractivity (Wildman–Crippen MR) is 160 cm³/mol. The number of amides is 1. The van der Waals surface area contributed by atoms with E-state index in [4.69, 9.17) is 9.47 Å². The third kappa shape index (κ3) is 12.9. The summed E-state index contributed by atoms with van der Waals surface area (Å²) in [6.45, 7) is 5.84. The summed E-state index contributed by atoms with van der Waals surface area (Å²) in [5, 5.41) is 12.6. The van der Waals surface area contributed by atoms with Crippen LogP contribution in [0.1, 0.15) is 55.8 Å². The first kappa shape index (κ1) is 30.8. The highest BCUT2D eigenvalue weighted by Gasteiger charge is 2.07. The molecule has 3 aromatic rings. The van der Waals surface area contributed by atoms with Gasteiger partial charge in [-0.25, -0.2) is 0 Å². The van der Waals surface area contributed by atoms with Gasteiger partial charge in [-0.05, 0) is 30.7 Å². The zero-order valence-corrected chi connectivity index (χ0v) is 23.5. The Labute approximate surface area is 237 Å². The molecule has 10 nitrogen and oxygen atoms in total. The number of hydrogen-bond donors (Lipinski definition) is 4. The first-order valence-corrected chi connectivity index (χ1v) is 14.3. The molecule has 10 heteroatoms. The minimum absolute atomic E-state index is 0.104. The number of para-hydroxylation sites is 1. The zero-order chi connectivity index (χ0) is 28.1. The van der Waals surface area contributed by atoms with E-state index in [-0.39, 0.29) is 5.91 Å². The molecule has 40 heavy (non-hydrogen) atoms. The van der Waals surface area contributed by atoms with Crippen molar-refractivity contribution in [3.05, 3.63) is 66.2 Å². The predicted octanol–water partition coefficient (Wildman–Crippen LogP) is 5.26. The van der Waals surface area contributed by atoms with E-state index >= 15 is 0 Å². The molecule has 4 N–H and O–H groups in total. The lowest BCUT2D eigenvalue weighted by molar-refractivity contribution is 0.0519. The van der Waals surface area contributed by atoms with Crippen LogP contribution in [0.2, 0.25) is 0 Å². The van der Waals surface area contributed by atoms with E-state index in [1.807, 2.05) is 48.5 Å². The maximum absolute atomic E-state index is 12.0. The highest BCUT2D eigenvalue weighted by molar-refractivity contribution is 5.94. The second-order valence-corrected chi connectivity index (χ2v) is 9.27. The van der Waals surface area contributed by atoms with Crippen molar-refractivity contribution in [2.75, 3.05) is 62.0 Å². The van der Waals surface area contributed by atoms with Crippen LogP contribution < -0.4 is 21.3 Å². The molecule has 2 aromatic carbocycles. The monoisotopic (exact) mass is 549 g/mol. The van der Waals surface area contributed by atoms with Gasteiger partial charge >= 0.3 is 0 Å². The zero-order valence-electron chi connectivity index (χ0n) is 23.5. The number of ether oxygens (including phenoxy) is 2. The fourth-order valence-electron chi connectivity index (χ4n) is 3.83. The molecule has 1 amide bonds. The van der Waals surface area contributed by atoms with Gasteiger partial charge in [0.15, 0.2) is 0 Å². The number of hydrogen-bond acceptors (Lipinski definition) is 9. The fourth-order valence-corrected chi connectivity index (χ4v) is 3.83. The summed E-state index contributed by atoms with van der Waals surface area (Å²) in [5.41, 5.74) is 1.55. The van der Waals surface area contributed by atoms with Gasteiger partial charge in [0.2, 0.25) is 17.8 Å². The minimum Gasteiger partial charge on any atom is -0.377 e. The number of anilines is 4. The van der Waals surface area contributed by atoms with Gasteiger partial charge in [0.05, 0.1) is 26.4 Å². The largest absolute Gasteiger partial charge is 0.377 e. The Morgan fingerprint density at radius 2 is 1.23 bits per heavy atom. The number of aromatic nitrogens is 3. The number of benzene rings is 2. The molecule has 0 saturated heterocycles. The Morgan fingerprint density at radius 1 is 0.650 bits per heavy atom. The Bertz CT molecular complexity index is 1090. The lowest BCUT2D eigenvalue weighted by Gasteiger charge is -2.12. The molecule has 0 spiro atoms. The van der Waals surface area contributed by atoms with Gasteiger partial charge in [0.1, 0.15) is 0 Å². The normalized spacial score (nSPS) is 10.7. The number of carbonyl (C=O) groups excluding carboxylic acids is 1. The van der Waals surface area contributed by atoms with Crippen LogP contribution in [-0.2, 0) is 9.47 Å². The molecule has 216 valence electrons. The number of rotatable bonds is 21. The standard InChI is InChI=1S/C30H43N7O3/c1-2-3-4-5-6-13-18-32-28-35-29(37-30(36-28)34-26-16-11-8-12-17-26)33-20-22-40-24-23-39-21-19-31-27(38)25-14-9-7-10-15-25/h7-12,14-17H,2-6,13,18-24H2,1H3,(H,31,38)(H3,32,33,34,35,36,37). The topological polar surface area (TPSA) is 122 Å². The highest BCUT2D eigenvalue weighted by Crippen LogP contribution is 2.15. The van der Waals surface area contributed by atoms with Crippen molar-refractivity contribution in [2.24, 2.45) is 0 Å². The molecule has 0 atom stereocenters. The Morgan fingerprint density at radius 3 is 1.93 bits per heavy atom. The maximum Gasteiger partial charge on any atom is 0.251 e. The van der Waals surface area contributed by atoms with E-state index in [0.29, 0.717) is 62.9 Å². The second kappa shape index (κ2) is 19.3. The maximum atomic E-state index is 12.0. The van der Waals surface area contributed by atoms with Gasteiger partial charge in [-0.3, -0.25) is 4.79 Å². The molecule has 0 unspecified atom stereocenters. The Balaban J connectivity index is 1.33. The van der Waals surface area contributed by atoms with E-state index in [9.17, 15) is 4.79 Å². The lowest BCUT2D eigenvalue weighted by Crippen LogP contribution is -2.27. The summed E-state index contributed by atoms with van der Waals surface area (Å²) in [7, 11) is 0. The molecule has 0 aliphatic heterocycles. The number of nitrogens with one attached hydrogen (secondary N) is 4. The van der Waals surface area contributed by atoms with Gasteiger partial charge in [0.25, 0.3) is 5.91 Å². The van der Waals surface area contributed by atoms with Crippen LogP contribution in [0.4, 0.5) is 23.5 Å². The first-order chi connectivity index (χ1) is 19.7. The van der Waals surface area contributed by atoms with Crippen LogP contribution in [0, 0.1) is 0 Å². The van der Waals surface area contributed by atoms with Crippen molar-refractivity contribution >= 4 is 29.4 Å². The second-order valence-electron chi connectivity index (χ2n) is 9.27. The molecule has 1 aromatic heterocycles. The van der Waals surface area contributed by atoms with Gasteiger partial charge in [-0.1, -0.05) is 75.4 Å². The number of nitrogens with zero attached hydrogens (tertiary/aromatic N) is 3. The van der Waals surface area contributed by atoms with Crippen LogP contribution in [0.15, 0.2) is 60.7 Å². The smallest absolute Gasteiger partial charge is 0.251 e. The van der Waals surface area contributed by atoms with Crippen molar-refractivity contribution in [1.29, 1.82) is 0 Å². The van der Waals surface area contributed by atoms with Gasteiger partial charge in [-0.15, -0.1) is 0 Å². The average Bonchev–Trinajstić information content (AvgIpc) is 2.98. The van der Waals surface area contributed by atoms with E-state index in [0.717, 1.165) is 18.7 Å².